The first kappa shape index (κ1) is 15.0. The molecule has 0 radical (unpaired) electrons. The molecule has 21 heavy (non-hydrogen) atoms. The molecule has 4 heteroatoms. The van der Waals surface area contributed by atoms with Crippen molar-refractivity contribution in [3.8, 4) is 5.75 Å². The molecule has 1 fully saturated rings. The summed E-state index contributed by atoms with van der Waals surface area (Å²) in [7, 11) is 0. The maximum atomic E-state index is 12.3. The van der Waals surface area contributed by atoms with Gasteiger partial charge in [-0.2, -0.15) is 0 Å². The maximum absolute atomic E-state index is 12.3. The van der Waals surface area contributed by atoms with Gasteiger partial charge in [0.05, 0.1) is 6.61 Å². The zero-order valence-electron chi connectivity index (χ0n) is 12.3. The van der Waals surface area contributed by atoms with Crippen LogP contribution in [0.15, 0.2) is 16.6 Å². The van der Waals surface area contributed by atoms with Gasteiger partial charge in [0.1, 0.15) is 11.5 Å². The van der Waals surface area contributed by atoms with Crippen LogP contribution in [0.5, 0.6) is 5.75 Å². The Morgan fingerprint density at radius 2 is 2.29 bits per heavy atom. The molecule has 1 N–H and O–H groups in total. The van der Waals surface area contributed by atoms with Gasteiger partial charge < -0.3 is 10.1 Å². The van der Waals surface area contributed by atoms with Crippen LogP contribution in [0.2, 0.25) is 0 Å². The van der Waals surface area contributed by atoms with E-state index in [4.69, 9.17) is 4.74 Å². The lowest BCUT2D eigenvalue weighted by atomic mass is 9.96. The molecule has 2 aliphatic heterocycles. The maximum Gasteiger partial charge on any atom is 0.137 e. The molecule has 3 nitrogen and oxygen atoms in total. The molecular formula is C17H22BrNO2. The van der Waals surface area contributed by atoms with Crippen LogP contribution in [0.25, 0.3) is 0 Å². The standard InChI is InChI=1S/C17H22BrNO2/c18-14-9-12-6-8-21-17(12)13(10-14)11-16(20)5-4-15-3-1-2-7-19-15/h9-10,15,19H,1-8,11H2. The van der Waals surface area contributed by atoms with Crippen molar-refractivity contribution in [3.05, 3.63) is 27.7 Å². The van der Waals surface area contributed by atoms with Gasteiger partial charge in [0, 0.05) is 35.3 Å². The minimum absolute atomic E-state index is 0.318. The second-order valence-corrected chi connectivity index (χ2v) is 6.97. The average Bonchev–Trinajstić information content (AvgIpc) is 2.94. The van der Waals surface area contributed by atoms with Crippen molar-refractivity contribution in [1.82, 2.24) is 5.32 Å². The molecule has 1 saturated heterocycles. The number of hydrogen-bond donors (Lipinski definition) is 1. The van der Waals surface area contributed by atoms with E-state index in [0.717, 1.165) is 41.8 Å². The van der Waals surface area contributed by atoms with Crippen molar-refractivity contribution < 1.29 is 9.53 Å². The predicted octanol–water partition coefficient (Wildman–Crippen LogP) is 3.42. The normalized spacial score (nSPS) is 20.9. The van der Waals surface area contributed by atoms with Crippen LogP contribution < -0.4 is 10.1 Å². The topological polar surface area (TPSA) is 38.3 Å². The van der Waals surface area contributed by atoms with E-state index in [0.29, 0.717) is 24.7 Å². The number of piperidine rings is 1. The molecule has 1 aromatic carbocycles. The van der Waals surface area contributed by atoms with E-state index >= 15 is 0 Å². The highest BCUT2D eigenvalue weighted by Gasteiger charge is 2.20. The lowest BCUT2D eigenvalue weighted by Gasteiger charge is -2.23. The first-order valence-corrected chi connectivity index (χ1v) is 8.71. The number of hydrogen-bond acceptors (Lipinski definition) is 3. The molecule has 114 valence electrons. The number of halogens is 1. The Kier molecular flexibility index (Phi) is 4.96. The van der Waals surface area contributed by atoms with Crippen molar-refractivity contribution in [2.75, 3.05) is 13.2 Å². The molecule has 2 aliphatic rings. The summed E-state index contributed by atoms with van der Waals surface area (Å²) in [5, 5.41) is 3.50. The minimum atomic E-state index is 0.318. The van der Waals surface area contributed by atoms with Gasteiger partial charge in [0.15, 0.2) is 0 Å². The Hall–Kier alpha value is -0.870. The Balaban J connectivity index is 1.57. The zero-order valence-corrected chi connectivity index (χ0v) is 13.9. The highest BCUT2D eigenvalue weighted by molar-refractivity contribution is 9.10. The van der Waals surface area contributed by atoms with Gasteiger partial charge in [-0.05, 0) is 43.5 Å². The van der Waals surface area contributed by atoms with E-state index in [-0.39, 0.29) is 0 Å². The molecule has 1 aromatic rings. The zero-order chi connectivity index (χ0) is 14.7. The van der Waals surface area contributed by atoms with Gasteiger partial charge in [-0.25, -0.2) is 0 Å². The third-order valence-electron chi connectivity index (χ3n) is 4.40. The number of Topliss-reactive ketones (excluding diaryl/α,β-unsaturated/α-hetero) is 1. The fourth-order valence-electron chi connectivity index (χ4n) is 3.28. The van der Waals surface area contributed by atoms with Gasteiger partial charge >= 0.3 is 0 Å². The van der Waals surface area contributed by atoms with E-state index in [1.807, 2.05) is 6.07 Å². The quantitative estimate of drug-likeness (QED) is 0.883. The number of benzene rings is 1. The Morgan fingerprint density at radius 1 is 1.38 bits per heavy atom. The molecule has 1 atom stereocenters. The van der Waals surface area contributed by atoms with Crippen LogP contribution >= 0.6 is 15.9 Å². The minimum Gasteiger partial charge on any atom is -0.493 e. The van der Waals surface area contributed by atoms with Crippen molar-refractivity contribution in [2.45, 2.75) is 51.0 Å². The van der Waals surface area contributed by atoms with E-state index in [1.165, 1.54) is 24.8 Å². The van der Waals surface area contributed by atoms with Crippen molar-refractivity contribution >= 4 is 21.7 Å². The molecule has 1 unspecified atom stereocenters. The third-order valence-corrected chi connectivity index (χ3v) is 4.85. The number of fused-ring (bicyclic) bond motifs is 1. The van der Waals surface area contributed by atoms with Crippen LogP contribution in [0.3, 0.4) is 0 Å². The van der Waals surface area contributed by atoms with Crippen molar-refractivity contribution in [2.24, 2.45) is 0 Å². The molecule has 2 heterocycles. The Morgan fingerprint density at radius 3 is 3.10 bits per heavy atom. The molecule has 3 rings (SSSR count). The first-order valence-electron chi connectivity index (χ1n) is 7.91. The molecule has 0 aliphatic carbocycles. The number of rotatable bonds is 5. The number of carbonyl (C=O) groups excluding carboxylic acids is 1. The van der Waals surface area contributed by atoms with Gasteiger partial charge in [0.2, 0.25) is 0 Å². The molecular weight excluding hydrogens is 330 g/mol. The summed E-state index contributed by atoms with van der Waals surface area (Å²) in [6.45, 7) is 1.84. The number of ether oxygens (including phenoxy) is 1. The van der Waals surface area contributed by atoms with Crippen molar-refractivity contribution in [3.63, 3.8) is 0 Å². The van der Waals surface area contributed by atoms with Gasteiger partial charge in [-0.15, -0.1) is 0 Å². The third kappa shape index (κ3) is 3.86. The number of nitrogens with one attached hydrogen (secondary N) is 1. The predicted molar refractivity (Wildman–Crippen MR) is 86.9 cm³/mol. The SMILES string of the molecule is O=C(CCC1CCCCN1)Cc1cc(Br)cc2c1OCC2. The second kappa shape index (κ2) is 6.93. The highest BCUT2D eigenvalue weighted by atomic mass is 79.9. The molecule has 0 bridgehead atoms. The Labute approximate surface area is 134 Å². The summed E-state index contributed by atoms with van der Waals surface area (Å²) in [4.78, 5) is 12.3. The van der Waals surface area contributed by atoms with E-state index in [2.05, 4.69) is 27.3 Å². The fraction of sp³-hybridized carbons (Fsp3) is 0.588. The van der Waals surface area contributed by atoms with E-state index in [1.54, 1.807) is 0 Å². The smallest absolute Gasteiger partial charge is 0.137 e. The molecule has 0 saturated carbocycles. The highest BCUT2D eigenvalue weighted by Crippen LogP contribution is 2.33. The van der Waals surface area contributed by atoms with Gasteiger partial charge in [-0.3, -0.25) is 4.79 Å². The molecule has 0 aromatic heterocycles. The number of ketones is 1. The summed E-state index contributed by atoms with van der Waals surface area (Å²) in [6, 6.07) is 4.66. The summed E-state index contributed by atoms with van der Waals surface area (Å²) < 4.78 is 6.74. The summed E-state index contributed by atoms with van der Waals surface area (Å²) in [5.74, 6) is 1.26. The monoisotopic (exact) mass is 351 g/mol. The van der Waals surface area contributed by atoms with Crippen LogP contribution in [0.4, 0.5) is 0 Å². The van der Waals surface area contributed by atoms with Gasteiger partial charge in [-0.1, -0.05) is 22.4 Å². The largest absolute Gasteiger partial charge is 0.493 e. The van der Waals surface area contributed by atoms with Crippen LogP contribution in [0, 0.1) is 0 Å². The summed E-state index contributed by atoms with van der Waals surface area (Å²) in [6.07, 6.45) is 6.85. The lowest BCUT2D eigenvalue weighted by Crippen LogP contribution is -2.34. The summed E-state index contributed by atoms with van der Waals surface area (Å²) >= 11 is 3.53. The Bertz CT molecular complexity index is 524. The van der Waals surface area contributed by atoms with Crippen molar-refractivity contribution in [1.29, 1.82) is 0 Å². The van der Waals surface area contributed by atoms with Crippen LogP contribution in [-0.2, 0) is 17.6 Å². The first-order chi connectivity index (χ1) is 10.2. The average molecular weight is 352 g/mol. The summed E-state index contributed by atoms with van der Waals surface area (Å²) in [5.41, 5.74) is 2.26. The van der Waals surface area contributed by atoms with E-state index in [9.17, 15) is 4.79 Å². The van der Waals surface area contributed by atoms with E-state index < -0.39 is 0 Å². The van der Waals surface area contributed by atoms with Crippen LogP contribution in [-0.4, -0.2) is 25.0 Å². The number of carbonyl (C=O) groups is 1. The van der Waals surface area contributed by atoms with Gasteiger partial charge in [0.25, 0.3) is 0 Å². The second-order valence-electron chi connectivity index (χ2n) is 6.05. The fourth-order valence-corrected chi connectivity index (χ4v) is 3.84. The molecule has 0 spiro atoms. The lowest BCUT2D eigenvalue weighted by molar-refractivity contribution is -0.118. The molecule has 0 amide bonds. The van der Waals surface area contributed by atoms with Crippen LogP contribution in [0.1, 0.15) is 43.2 Å².